The molecule has 4 N–H and O–H groups in total. The number of fused-ring (bicyclic) bond motifs is 2. The minimum Gasteiger partial charge on any atom is -0.745 e. The Labute approximate surface area is 453 Å². The molecule has 2 aromatic rings. The van der Waals surface area contributed by atoms with Crippen molar-refractivity contribution in [3.63, 3.8) is 0 Å². The van der Waals surface area contributed by atoms with E-state index >= 15 is 0 Å². The summed E-state index contributed by atoms with van der Waals surface area (Å²) in [5.41, 5.74) is 2.72. The van der Waals surface area contributed by atoms with E-state index in [0.29, 0.717) is 35.6 Å². The van der Waals surface area contributed by atoms with E-state index < -0.39 is 30.2 Å². The molecule has 0 bridgehead atoms. The van der Waals surface area contributed by atoms with Gasteiger partial charge in [0.1, 0.15) is 20.2 Å². The van der Waals surface area contributed by atoms with E-state index in [9.17, 15) is 25.9 Å². The second kappa shape index (κ2) is 38.3. The van der Waals surface area contributed by atoms with Crippen LogP contribution in [0.5, 0.6) is 0 Å². The maximum Gasteiger partial charge on any atom is 2.00 e. The average Bonchev–Trinajstić information content (AvgIpc) is 3.91. The van der Waals surface area contributed by atoms with E-state index in [0.717, 1.165) is 25.7 Å². The molecular formula is C56H98CaN4O6S2. The first-order valence-electron chi connectivity index (χ1n) is 28.2. The van der Waals surface area contributed by atoms with Crippen LogP contribution in [0.25, 0.3) is 0 Å². The van der Waals surface area contributed by atoms with Crippen molar-refractivity contribution in [2.45, 2.75) is 281 Å². The SMILES string of the molecule is CCCCCCCCCCCCCCCCCCCCCC1(S(=O)(=O)[O-])Nc2ccccc2N1.CCCCCCCCCCCCCCCCCCCCCC1(S(=O)(=O)[O-])Nc2ccccc2N1.[Ca+2]. The second-order valence-corrected chi connectivity index (χ2v) is 23.6. The molecule has 392 valence electrons. The smallest absolute Gasteiger partial charge is 0.745 e. The van der Waals surface area contributed by atoms with Crippen molar-refractivity contribution in [3.05, 3.63) is 48.5 Å². The van der Waals surface area contributed by atoms with Gasteiger partial charge in [0.25, 0.3) is 0 Å². The van der Waals surface area contributed by atoms with Gasteiger partial charge < -0.3 is 30.4 Å². The van der Waals surface area contributed by atoms with Crippen molar-refractivity contribution >= 4 is 80.7 Å². The number of anilines is 4. The van der Waals surface area contributed by atoms with E-state index in [-0.39, 0.29) is 50.6 Å². The van der Waals surface area contributed by atoms with Crippen LogP contribution in [-0.2, 0) is 20.2 Å². The average molecular weight is 1030 g/mol. The summed E-state index contributed by atoms with van der Waals surface area (Å²) < 4.78 is 71.8. The molecule has 0 aromatic heterocycles. The van der Waals surface area contributed by atoms with Crippen LogP contribution in [0.1, 0.15) is 271 Å². The van der Waals surface area contributed by atoms with Crippen molar-refractivity contribution in [2.24, 2.45) is 0 Å². The molecule has 2 aromatic carbocycles. The van der Waals surface area contributed by atoms with Gasteiger partial charge in [-0.25, -0.2) is 16.8 Å². The second-order valence-electron chi connectivity index (χ2n) is 20.4. The minimum absolute atomic E-state index is 0. The molecule has 2 aliphatic rings. The Balaban J connectivity index is 0.000000467. The zero-order valence-corrected chi connectivity index (χ0v) is 47.7. The predicted octanol–water partition coefficient (Wildman–Crippen LogP) is 16.7. The third-order valence-electron chi connectivity index (χ3n) is 14.3. The van der Waals surface area contributed by atoms with Gasteiger partial charge in [0, 0.05) is 12.8 Å². The van der Waals surface area contributed by atoms with Crippen LogP contribution < -0.4 is 21.3 Å². The fraction of sp³-hybridized carbons (Fsp3) is 0.786. The molecule has 0 unspecified atom stereocenters. The van der Waals surface area contributed by atoms with Crippen molar-refractivity contribution in [1.82, 2.24) is 0 Å². The largest absolute Gasteiger partial charge is 2.00 e. The van der Waals surface area contributed by atoms with Crippen molar-refractivity contribution in [2.75, 3.05) is 21.3 Å². The molecule has 2 aliphatic heterocycles. The van der Waals surface area contributed by atoms with Gasteiger partial charge in [-0.15, -0.1) is 0 Å². The first-order chi connectivity index (χ1) is 33.0. The Morgan fingerprint density at radius 1 is 0.319 bits per heavy atom. The third kappa shape index (κ3) is 26.5. The molecule has 0 saturated carbocycles. The molecule has 0 saturated heterocycles. The standard InChI is InChI=1S/2C28H50N2O3S.Ca/c2*1-2-3-4-5-6-7-8-9-10-11-12-13-14-15-16-17-18-19-22-25-28(34(31,32)33)29-26-23-20-21-24-27(26)30-28;/h2*20-21,23-24,29-30H,2-19,22,25H2,1H3,(H,31,32,33);/q;;+2/p-2. The quantitative estimate of drug-likeness (QED) is 0.0286. The summed E-state index contributed by atoms with van der Waals surface area (Å²) in [7, 11) is -9.06. The first kappa shape index (κ1) is 63.8. The van der Waals surface area contributed by atoms with E-state index in [2.05, 4.69) is 35.1 Å². The van der Waals surface area contributed by atoms with Crippen LogP contribution in [0.15, 0.2) is 48.5 Å². The van der Waals surface area contributed by atoms with Gasteiger partial charge in [-0.05, 0) is 37.1 Å². The molecule has 10 nitrogen and oxygen atoms in total. The zero-order valence-electron chi connectivity index (χ0n) is 43.9. The number of benzene rings is 2. The maximum absolute atomic E-state index is 12.0. The fourth-order valence-electron chi connectivity index (χ4n) is 9.99. The number of hydrogen-bond acceptors (Lipinski definition) is 10. The molecule has 0 amide bonds. The molecule has 0 radical (unpaired) electrons. The van der Waals surface area contributed by atoms with E-state index in [4.69, 9.17) is 0 Å². The Bertz CT molecular complexity index is 1620. The summed E-state index contributed by atoms with van der Waals surface area (Å²) in [5.74, 6) is 0. The van der Waals surface area contributed by atoms with Gasteiger partial charge in [-0.1, -0.05) is 269 Å². The van der Waals surface area contributed by atoms with Crippen LogP contribution in [0.4, 0.5) is 22.7 Å². The third-order valence-corrected chi connectivity index (χ3v) is 16.8. The van der Waals surface area contributed by atoms with Crippen molar-refractivity contribution in [3.8, 4) is 0 Å². The summed E-state index contributed by atoms with van der Waals surface area (Å²) in [5, 5.41) is 11.7. The summed E-state index contributed by atoms with van der Waals surface area (Å²) in [6.07, 6.45) is 49.9. The molecular weight excluding hydrogens is 929 g/mol. The molecule has 69 heavy (non-hydrogen) atoms. The van der Waals surface area contributed by atoms with Crippen LogP contribution in [-0.4, -0.2) is 73.7 Å². The number of unbranched alkanes of at least 4 members (excludes halogenated alkanes) is 36. The molecule has 0 spiro atoms. The summed E-state index contributed by atoms with van der Waals surface area (Å²) >= 11 is 0. The minimum atomic E-state index is -4.53. The van der Waals surface area contributed by atoms with E-state index in [1.165, 1.54) is 205 Å². The number of hydrogen-bond donors (Lipinski definition) is 4. The summed E-state index contributed by atoms with van der Waals surface area (Å²) in [6.45, 7) is 4.55. The maximum atomic E-state index is 12.0. The number of para-hydroxylation sites is 4. The Kier molecular flexibility index (Phi) is 35.5. The molecule has 4 rings (SSSR count). The summed E-state index contributed by atoms with van der Waals surface area (Å²) in [6, 6.07) is 14.5. The van der Waals surface area contributed by atoms with Crippen molar-refractivity contribution < 1.29 is 25.9 Å². The van der Waals surface area contributed by atoms with Gasteiger partial charge in [0.05, 0.1) is 22.7 Å². The molecule has 0 fully saturated rings. The predicted molar refractivity (Wildman–Crippen MR) is 294 cm³/mol. The Morgan fingerprint density at radius 2 is 0.478 bits per heavy atom. The normalized spacial score (nSPS) is 14.3. The number of nitrogens with one attached hydrogen (secondary N) is 4. The van der Waals surface area contributed by atoms with Crippen molar-refractivity contribution in [1.29, 1.82) is 0 Å². The molecule has 0 aliphatic carbocycles. The fourth-order valence-corrected chi connectivity index (χ4v) is 11.7. The van der Waals surface area contributed by atoms with Crippen LogP contribution in [0.2, 0.25) is 0 Å². The van der Waals surface area contributed by atoms with Gasteiger partial charge >= 0.3 is 37.7 Å². The van der Waals surface area contributed by atoms with Gasteiger partial charge in [0.15, 0.2) is 0 Å². The summed E-state index contributed by atoms with van der Waals surface area (Å²) in [4.78, 5) is -3.21. The van der Waals surface area contributed by atoms with Crippen LogP contribution in [0.3, 0.4) is 0 Å². The zero-order chi connectivity index (χ0) is 49.1. The van der Waals surface area contributed by atoms with E-state index in [1.54, 1.807) is 24.3 Å². The van der Waals surface area contributed by atoms with Crippen LogP contribution >= 0.6 is 0 Å². The molecule has 13 heteroatoms. The number of rotatable bonds is 42. The van der Waals surface area contributed by atoms with E-state index in [1.807, 2.05) is 24.3 Å². The first-order valence-corrected chi connectivity index (χ1v) is 31.0. The van der Waals surface area contributed by atoms with Gasteiger partial charge in [-0.3, -0.25) is 0 Å². The van der Waals surface area contributed by atoms with Crippen LogP contribution in [0, 0.1) is 0 Å². The molecule has 0 atom stereocenters. The van der Waals surface area contributed by atoms with Gasteiger partial charge in [0.2, 0.25) is 9.99 Å². The Morgan fingerprint density at radius 3 is 0.638 bits per heavy atom. The Hall–Kier alpha value is -1.28. The topological polar surface area (TPSA) is 163 Å². The molecule has 2 heterocycles. The monoisotopic (exact) mass is 1030 g/mol. The van der Waals surface area contributed by atoms with Gasteiger partial charge in [-0.2, -0.15) is 0 Å².